The maximum atomic E-state index is 11.4. The van der Waals surface area contributed by atoms with Crippen molar-refractivity contribution in [2.75, 3.05) is 7.11 Å². The number of ether oxygens (including phenoxy) is 2. The Kier molecular flexibility index (Phi) is 5.23. The second-order valence-corrected chi connectivity index (χ2v) is 5.37. The highest BCUT2D eigenvalue weighted by Gasteiger charge is 2.27. The Morgan fingerprint density at radius 1 is 1.21 bits per heavy atom. The number of methoxy groups -OCH3 is 1. The maximum absolute atomic E-state index is 11.4. The lowest BCUT2D eigenvalue weighted by atomic mass is 9.87. The zero-order valence-electron chi connectivity index (χ0n) is 11.1. The van der Waals surface area contributed by atoms with E-state index >= 15 is 0 Å². The van der Waals surface area contributed by atoms with Crippen LogP contribution < -0.4 is 0 Å². The molecule has 0 spiro atoms. The monoisotopic (exact) mass is 282 g/mol. The summed E-state index contributed by atoms with van der Waals surface area (Å²) in [7, 11) is 1.45. The summed E-state index contributed by atoms with van der Waals surface area (Å²) in [5, 5.41) is 0.738. The van der Waals surface area contributed by atoms with E-state index in [-0.39, 0.29) is 18.0 Å². The lowest BCUT2D eigenvalue weighted by Crippen LogP contribution is -2.26. The van der Waals surface area contributed by atoms with Crippen molar-refractivity contribution in [3.05, 3.63) is 34.9 Å². The summed E-state index contributed by atoms with van der Waals surface area (Å²) in [5.41, 5.74) is 1.12. The van der Waals surface area contributed by atoms with E-state index < -0.39 is 0 Å². The predicted molar refractivity (Wildman–Crippen MR) is 74.0 cm³/mol. The molecule has 0 aromatic heterocycles. The van der Waals surface area contributed by atoms with Gasteiger partial charge in [0.25, 0.3) is 0 Å². The first-order chi connectivity index (χ1) is 9.19. The van der Waals surface area contributed by atoms with Crippen LogP contribution >= 0.6 is 11.6 Å². The molecule has 1 aliphatic carbocycles. The Balaban J connectivity index is 1.74. The standard InChI is InChI=1S/C15H19ClO3/c1-18-15(17)12-4-8-14(9-5-12)19-10-11-2-6-13(16)7-3-11/h2-3,6-7,12,14H,4-5,8-10H2,1H3. The van der Waals surface area contributed by atoms with Crippen LogP contribution in [-0.4, -0.2) is 19.2 Å². The van der Waals surface area contributed by atoms with Crippen molar-refractivity contribution in [1.29, 1.82) is 0 Å². The van der Waals surface area contributed by atoms with E-state index in [0.717, 1.165) is 36.3 Å². The Hall–Kier alpha value is -1.06. The zero-order valence-corrected chi connectivity index (χ0v) is 11.9. The number of esters is 1. The Labute approximate surface area is 118 Å². The molecule has 0 bridgehead atoms. The number of rotatable bonds is 4. The summed E-state index contributed by atoms with van der Waals surface area (Å²) in [4.78, 5) is 11.4. The molecule has 0 saturated heterocycles. The first-order valence-electron chi connectivity index (χ1n) is 6.63. The van der Waals surface area contributed by atoms with Crippen molar-refractivity contribution in [3.63, 3.8) is 0 Å². The van der Waals surface area contributed by atoms with Gasteiger partial charge in [0.1, 0.15) is 0 Å². The second kappa shape index (κ2) is 6.92. The van der Waals surface area contributed by atoms with Gasteiger partial charge < -0.3 is 9.47 Å². The number of benzene rings is 1. The summed E-state index contributed by atoms with van der Waals surface area (Å²) in [6, 6.07) is 7.69. The minimum atomic E-state index is -0.0869. The minimum absolute atomic E-state index is 0.0559. The number of hydrogen-bond acceptors (Lipinski definition) is 3. The molecular formula is C15H19ClO3. The molecule has 2 rings (SSSR count). The summed E-state index contributed by atoms with van der Waals surface area (Å²) < 4.78 is 10.6. The number of hydrogen-bond donors (Lipinski definition) is 0. The van der Waals surface area contributed by atoms with E-state index in [1.807, 2.05) is 24.3 Å². The third kappa shape index (κ3) is 4.22. The van der Waals surface area contributed by atoms with Crippen molar-refractivity contribution in [2.45, 2.75) is 38.4 Å². The average molecular weight is 283 g/mol. The Morgan fingerprint density at radius 3 is 2.42 bits per heavy atom. The van der Waals surface area contributed by atoms with Crippen molar-refractivity contribution in [1.82, 2.24) is 0 Å². The molecule has 0 N–H and O–H groups in total. The van der Waals surface area contributed by atoms with Gasteiger partial charge in [-0.25, -0.2) is 0 Å². The normalized spacial score (nSPS) is 23.1. The van der Waals surface area contributed by atoms with Crippen molar-refractivity contribution < 1.29 is 14.3 Å². The van der Waals surface area contributed by atoms with Crippen LogP contribution in [0.25, 0.3) is 0 Å². The molecule has 1 aromatic carbocycles. The molecule has 1 fully saturated rings. The topological polar surface area (TPSA) is 35.5 Å². The lowest BCUT2D eigenvalue weighted by Gasteiger charge is -2.27. The summed E-state index contributed by atoms with van der Waals surface area (Å²) >= 11 is 5.84. The van der Waals surface area contributed by atoms with Gasteiger partial charge in [-0.1, -0.05) is 23.7 Å². The fraction of sp³-hybridized carbons (Fsp3) is 0.533. The second-order valence-electron chi connectivity index (χ2n) is 4.93. The van der Waals surface area contributed by atoms with E-state index in [9.17, 15) is 4.79 Å². The van der Waals surface area contributed by atoms with Crippen LogP contribution in [-0.2, 0) is 20.9 Å². The van der Waals surface area contributed by atoms with Crippen LogP contribution in [0, 0.1) is 5.92 Å². The highest BCUT2D eigenvalue weighted by Crippen LogP contribution is 2.27. The molecule has 1 saturated carbocycles. The van der Waals surface area contributed by atoms with Crippen LogP contribution in [0.2, 0.25) is 5.02 Å². The Morgan fingerprint density at radius 2 is 1.84 bits per heavy atom. The minimum Gasteiger partial charge on any atom is -0.469 e. The fourth-order valence-electron chi connectivity index (χ4n) is 2.43. The van der Waals surface area contributed by atoms with Crippen LogP contribution in [0.5, 0.6) is 0 Å². The average Bonchev–Trinajstić information content (AvgIpc) is 2.46. The molecular weight excluding hydrogens is 264 g/mol. The molecule has 19 heavy (non-hydrogen) atoms. The lowest BCUT2D eigenvalue weighted by molar-refractivity contribution is -0.147. The third-order valence-corrected chi connectivity index (χ3v) is 3.86. The zero-order chi connectivity index (χ0) is 13.7. The van der Waals surface area contributed by atoms with Gasteiger partial charge in [0, 0.05) is 5.02 Å². The number of halogens is 1. The summed E-state index contributed by atoms with van der Waals surface area (Å²) in [6.07, 6.45) is 3.81. The highest BCUT2D eigenvalue weighted by atomic mass is 35.5. The van der Waals surface area contributed by atoms with Gasteiger partial charge in [-0.15, -0.1) is 0 Å². The number of carbonyl (C=O) groups is 1. The molecule has 0 heterocycles. The van der Waals surface area contributed by atoms with E-state index in [0.29, 0.717) is 6.61 Å². The van der Waals surface area contributed by atoms with E-state index in [2.05, 4.69) is 0 Å². The molecule has 0 atom stereocenters. The summed E-state index contributed by atoms with van der Waals surface area (Å²) in [5.74, 6) is -0.0310. The largest absolute Gasteiger partial charge is 0.469 e. The maximum Gasteiger partial charge on any atom is 0.308 e. The van der Waals surface area contributed by atoms with Gasteiger partial charge in [-0.2, -0.15) is 0 Å². The molecule has 0 unspecified atom stereocenters. The SMILES string of the molecule is COC(=O)C1CCC(OCc2ccc(Cl)cc2)CC1. The van der Waals surface area contributed by atoms with Gasteiger partial charge in [0.05, 0.1) is 25.7 Å². The molecule has 1 aromatic rings. The van der Waals surface area contributed by atoms with E-state index in [1.165, 1.54) is 7.11 Å². The Bertz CT molecular complexity index is 408. The molecule has 4 heteroatoms. The molecule has 0 radical (unpaired) electrons. The van der Waals surface area contributed by atoms with Crippen molar-refractivity contribution in [3.8, 4) is 0 Å². The van der Waals surface area contributed by atoms with E-state index in [4.69, 9.17) is 21.1 Å². The number of carbonyl (C=O) groups excluding carboxylic acids is 1. The third-order valence-electron chi connectivity index (χ3n) is 3.61. The first-order valence-corrected chi connectivity index (χ1v) is 7.00. The van der Waals surface area contributed by atoms with Gasteiger partial charge >= 0.3 is 5.97 Å². The van der Waals surface area contributed by atoms with Crippen LogP contribution in [0.15, 0.2) is 24.3 Å². The molecule has 1 aliphatic rings. The summed E-state index contributed by atoms with van der Waals surface area (Å²) in [6.45, 7) is 0.602. The molecule has 0 aliphatic heterocycles. The van der Waals surface area contributed by atoms with Crippen LogP contribution in [0.4, 0.5) is 0 Å². The molecule has 3 nitrogen and oxygen atoms in total. The van der Waals surface area contributed by atoms with Crippen molar-refractivity contribution >= 4 is 17.6 Å². The van der Waals surface area contributed by atoms with Gasteiger partial charge in [-0.05, 0) is 43.4 Å². The van der Waals surface area contributed by atoms with E-state index in [1.54, 1.807) is 0 Å². The van der Waals surface area contributed by atoms with Crippen LogP contribution in [0.1, 0.15) is 31.2 Å². The smallest absolute Gasteiger partial charge is 0.308 e. The first kappa shape index (κ1) is 14.4. The fourth-order valence-corrected chi connectivity index (χ4v) is 2.55. The molecule has 104 valence electrons. The van der Waals surface area contributed by atoms with Crippen molar-refractivity contribution in [2.24, 2.45) is 5.92 Å². The quantitative estimate of drug-likeness (QED) is 0.792. The molecule has 0 amide bonds. The van der Waals surface area contributed by atoms with Crippen LogP contribution in [0.3, 0.4) is 0 Å². The van der Waals surface area contributed by atoms with Gasteiger partial charge in [0.2, 0.25) is 0 Å². The predicted octanol–water partition coefficient (Wildman–Crippen LogP) is 3.59. The van der Waals surface area contributed by atoms with Gasteiger partial charge in [-0.3, -0.25) is 4.79 Å². The highest BCUT2D eigenvalue weighted by molar-refractivity contribution is 6.30. The van der Waals surface area contributed by atoms with Gasteiger partial charge in [0.15, 0.2) is 0 Å².